The maximum atomic E-state index is 12.3. The maximum absolute atomic E-state index is 12.3. The van der Waals surface area contributed by atoms with E-state index in [1.807, 2.05) is 48.7 Å². The first-order valence-corrected chi connectivity index (χ1v) is 11.5. The number of benzene rings is 3. The molecule has 3 N–H and O–H groups in total. The van der Waals surface area contributed by atoms with E-state index in [0.717, 1.165) is 28.2 Å². The normalized spacial score (nSPS) is 12.0. The average Bonchev–Trinajstić information content (AvgIpc) is 3.15. The van der Waals surface area contributed by atoms with Crippen LogP contribution in [0.25, 0.3) is 16.5 Å². The molecule has 1 heterocycles. The highest BCUT2D eigenvalue weighted by molar-refractivity contribution is 8.00. The van der Waals surface area contributed by atoms with Gasteiger partial charge in [0.1, 0.15) is 5.82 Å². The van der Waals surface area contributed by atoms with Crippen LogP contribution in [0.5, 0.6) is 0 Å². The minimum Gasteiger partial charge on any atom is -0.351 e. The molecule has 168 valence electrons. The Balaban J connectivity index is 1.77. The molecule has 0 spiro atoms. The van der Waals surface area contributed by atoms with Gasteiger partial charge in [-0.05, 0) is 48.7 Å². The lowest BCUT2D eigenvalue weighted by Gasteiger charge is -2.16. The van der Waals surface area contributed by atoms with Gasteiger partial charge in [0.25, 0.3) is 0 Å². The fourth-order valence-electron chi connectivity index (χ4n) is 3.84. The second kappa shape index (κ2) is 9.46. The predicted molar refractivity (Wildman–Crippen MR) is 131 cm³/mol. The number of aromatic nitrogens is 3. The first kappa shape index (κ1) is 22.5. The van der Waals surface area contributed by atoms with Crippen LogP contribution in [0.15, 0.2) is 65.8 Å². The lowest BCUT2D eigenvalue weighted by atomic mass is 10.0. The van der Waals surface area contributed by atoms with E-state index in [0.29, 0.717) is 11.6 Å². The second-order valence-electron chi connectivity index (χ2n) is 7.95. The van der Waals surface area contributed by atoms with Crippen molar-refractivity contribution in [2.24, 2.45) is 5.73 Å². The van der Waals surface area contributed by atoms with Crippen molar-refractivity contribution in [3.8, 4) is 5.69 Å². The Morgan fingerprint density at radius 3 is 2.58 bits per heavy atom. The van der Waals surface area contributed by atoms with Gasteiger partial charge in [-0.25, -0.2) is 4.79 Å². The van der Waals surface area contributed by atoms with Gasteiger partial charge >= 0.3 is 6.03 Å². The summed E-state index contributed by atoms with van der Waals surface area (Å²) in [6, 6.07) is 19.8. The van der Waals surface area contributed by atoms with E-state index in [4.69, 9.17) is 5.73 Å². The number of carbonyl (C=O) groups excluding carboxylic acids is 2. The Hall–Kier alpha value is -3.65. The summed E-state index contributed by atoms with van der Waals surface area (Å²) < 4.78 is 2.00. The van der Waals surface area contributed by atoms with Gasteiger partial charge in [0.15, 0.2) is 5.16 Å². The van der Waals surface area contributed by atoms with Crippen molar-refractivity contribution in [3.05, 3.63) is 83.2 Å². The number of urea groups is 1. The Bertz CT molecular complexity index is 1340. The molecule has 7 nitrogen and oxygen atoms in total. The van der Waals surface area contributed by atoms with Crippen molar-refractivity contribution in [1.29, 1.82) is 0 Å². The number of primary amides is 1. The van der Waals surface area contributed by atoms with Crippen molar-refractivity contribution >= 4 is 34.5 Å². The molecule has 4 aromatic rings. The molecule has 0 saturated carbocycles. The van der Waals surface area contributed by atoms with Crippen LogP contribution in [-0.4, -0.2) is 32.0 Å². The molecule has 0 radical (unpaired) electrons. The third kappa shape index (κ3) is 4.90. The zero-order chi connectivity index (χ0) is 23.5. The van der Waals surface area contributed by atoms with Gasteiger partial charge in [-0.15, -0.1) is 10.2 Å². The number of nitrogens with zero attached hydrogens (tertiary/aromatic N) is 3. The van der Waals surface area contributed by atoms with Gasteiger partial charge < -0.3 is 5.73 Å². The predicted octanol–water partition coefficient (Wildman–Crippen LogP) is 4.30. The van der Waals surface area contributed by atoms with Crippen molar-refractivity contribution in [1.82, 2.24) is 20.1 Å². The van der Waals surface area contributed by atoms with Crippen LogP contribution in [0.3, 0.4) is 0 Å². The molecular weight excluding hydrogens is 434 g/mol. The monoisotopic (exact) mass is 459 g/mol. The summed E-state index contributed by atoms with van der Waals surface area (Å²) in [6.07, 6.45) is 0.574. The molecule has 0 aliphatic heterocycles. The number of thioether (sulfide) groups is 1. The topological polar surface area (TPSA) is 103 Å². The molecule has 4 rings (SSSR count). The molecule has 0 saturated heterocycles. The van der Waals surface area contributed by atoms with Gasteiger partial charge in [0.05, 0.1) is 10.9 Å². The van der Waals surface area contributed by atoms with Crippen LogP contribution < -0.4 is 11.1 Å². The van der Waals surface area contributed by atoms with Crippen LogP contribution in [0.1, 0.15) is 29.4 Å². The largest absolute Gasteiger partial charge is 0.351 e. The molecule has 3 aromatic carbocycles. The minimum atomic E-state index is -0.875. The molecule has 0 fully saturated rings. The van der Waals surface area contributed by atoms with E-state index >= 15 is 0 Å². The first-order valence-electron chi connectivity index (χ1n) is 10.6. The average molecular weight is 460 g/mol. The molecule has 8 heteroatoms. The summed E-state index contributed by atoms with van der Waals surface area (Å²) in [7, 11) is 0. The molecule has 0 bridgehead atoms. The fraction of sp³-hybridized carbons (Fsp3) is 0.200. The van der Waals surface area contributed by atoms with E-state index in [1.165, 1.54) is 22.5 Å². The number of nitrogens with one attached hydrogen (secondary N) is 1. The van der Waals surface area contributed by atoms with Crippen LogP contribution in [-0.2, 0) is 11.2 Å². The summed E-state index contributed by atoms with van der Waals surface area (Å²) in [5.74, 6) is 0.293. The SMILES string of the molecule is Cc1ccc(-n2c(Cc3cccc4ccccc34)nnc2S[C@@H](C)C(=O)NC(N)=O)c(C)c1. The lowest BCUT2D eigenvalue weighted by Crippen LogP contribution is -2.39. The standard InChI is InChI=1S/C25H25N5O2S/c1-15-11-12-21(16(2)13-15)30-22(14-19-9-6-8-18-7-4-5-10-20(18)19)28-29-25(30)33-17(3)23(31)27-24(26)32/h4-13,17H,14H2,1-3H3,(H3,26,27,31,32)/t17-/m0/s1. The quantitative estimate of drug-likeness (QED) is 0.419. The van der Waals surface area contributed by atoms with Crippen molar-refractivity contribution in [2.75, 3.05) is 0 Å². The smallest absolute Gasteiger partial charge is 0.318 e. The van der Waals surface area contributed by atoms with E-state index < -0.39 is 17.2 Å². The molecular formula is C25H25N5O2S. The number of aryl methyl sites for hydroxylation is 2. The minimum absolute atomic E-state index is 0.474. The summed E-state index contributed by atoms with van der Waals surface area (Å²) >= 11 is 1.23. The van der Waals surface area contributed by atoms with E-state index in [9.17, 15) is 9.59 Å². The van der Waals surface area contributed by atoms with Crippen molar-refractivity contribution in [2.45, 2.75) is 37.6 Å². The summed E-state index contributed by atoms with van der Waals surface area (Å²) in [6.45, 7) is 5.79. The number of hydrogen-bond donors (Lipinski definition) is 2. The zero-order valence-corrected chi connectivity index (χ0v) is 19.5. The second-order valence-corrected chi connectivity index (χ2v) is 9.26. The lowest BCUT2D eigenvalue weighted by molar-refractivity contribution is -0.119. The van der Waals surface area contributed by atoms with Crippen LogP contribution in [0.4, 0.5) is 4.79 Å². The van der Waals surface area contributed by atoms with Crippen LogP contribution >= 0.6 is 11.8 Å². The zero-order valence-electron chi connectivity index (χ0n) is 18.7. The number of amides is 3. The summed E-state index contributed by atoms with van der Waals surface area (Å²) in [5.41, 5.74) is 9.42. The Kier molecular flexibility index (Phi) is 6.46. The van der Waals surface area contributed by atoms with Gasteiger partial charge in [-0.2, -0.15) is 0 Å². The maximum Gasteiger partial charge on any atom is 0.318 e. The van der Waals surface area contributed by atoms with Gasteiger partial charge in [-0.1, -0.05) is 71.9 Å². The van der Waals surface area contributed by atoms with E-state index in [-0.39, 0.29) is 0 Å². The highest BCUT2D eigenvalue weighted by Gasteiger charge is 2.23. The van der Waals surface area contributed by atoms with Gasteiger partial charge in [-0.3, -0.25) is 14.7 Å². The number of rotatable bonds is 6. The molecule has 1 atom stereocenters. The number of imide groups is 1. The highest BCUT2D eigenvalue weighted by atomic mass is 32.2. The Morgan fingerprint density at radius 1 is 1.06 bits per heavy atom. The molecule has 33 heavy (non-hydrogen) atoms. The number of carbonyl (C=O) groups is 2. The Morgan fingerprint density at radius 2 is 1.82 bits per heavy atom. The Labute approximate surface area is 196 Å². The summed E-state index contributed by atoms with van der Waals surface area (Å²) in [5, 5.41) is 13.4. The van der Waals surface area contributed by atoms with Gasteiger partial charge in [0.2, 0.25) is 5.91 Å². The summed E-state index contributed by atoms with van der Waals surface area (Å²) in [4.78, 5) is 23.4. The molecule has 0 aliphatic rings. The van der Waals surface area contributed by atoms with Crippen LogP contribution in [0, 0.1) is 13.8 Å². The van der Waals surface area contributed by atoms with E-state index in [2.05, 4.69) is 45.8 Å². The number of nitrogens with two attached hydrogens (primary N) is 1. The van der Waals surface area contributed by atoms with Crippen molar-refractivity contribution in [3.63, 3.8) is 0 Å². The third-order valence-corrected chi connectivity index (χ3v) is 6.46. The number of hydrogen-bond acceptors (Lipinski definition) is 5. The highest BCUT2D eigenvalue weighted by Crippen LogP contribution is 2.30. The molecule has 0 aliphatic carbocycles. The third-order valence-electron chi connectivity index (χ3n) is 5.42. The molecule has 0 unspecified atom stereocenters. The van der Waals surface area contributed by atoms with E-state index in [1.54, 1.807) is 6.92 Å². The molecule has 1 aromatic heterocycles. The first-order chi connectivity index (χ1) is 15.8. The molecule has 3 amide bonds. The number of fused-ring (bicyclic) bond motifs is 1. The van der Waals surface area contributed by atoms with Crippen molar-refractivity contribution < 1.29 is 9.59 Å². The van der Waals surface area contributed by atoms with Gasteiger partial charge in [0, 0.05) is 6.42 Å². The fourth-order valence-corrected chi connectivity index (χ4v) is 4.72. The van der Waals surface area contributed by atoms with Crippen LogP contribution in [0.2, 0.25) is 0 Å².